The number of allylic oxidation sites excluding steroid dienone is 1. The molecule has 112 valence electrons. The first-order valence-corrected chi connectivity index (χ1v) is 8.48. The third-order valence-corrected chi connectivity index (χ3v) is 7.08. The maximum Gasteiger partial charge on any atom is 0.178 e. The van der Waals surface area contributed by atoms with Crippen LogP contribution in [0.4, 0.5) is 0 Å². The van der Waals surface area contributed by atoms with Crippen molar-refractivity contribution in [3.63, 3.8) is 0 Å². The van der Waals surface area contributed by atoms with Crippen molar-refractivity contribution in [1.29, 1.82) is 0 Å². The summed E-state index contributed by atoms with van der Waals surface area (Å²) in [4.78, 5) is 12.7. The molecule has 2 fully saturated rings. The Hall–Kier alpha value is -1.77. The number of phenolic OH excluding ortho intramolecular Hbond substituents is 1. The summed E-state index contributed by atoms with van der Waals surface area (Å²) in [7, 11) is 0. The van der Waals surface area contributed by atoms with Gasteiger partial charge in [-0.25, -0.2) is 0 Å². The predicted octanol–water partition coefficient (Wildman–Crippen LogP) is 2.89. The summed E-state index contributed by atoms with van der Waals surface area (Å²) in [5, 5.41) is 10.3. The lowest BCUT2D eigenvalue weighted by Gasteiger charge is -2.43. The third-order valence-electron chi connectivity index (χ3n) is 7.08. The van der Waals surface area contributed by atoms with E-state index in [1.165, 1.54) is 36.0 Å². The fourth-order valence-corrected chi connectivity index (χ4v) is 6.61. The van der Waals surface area contributed by atoms with Gasteiger partial charge in [-0.05, 0) is 48.6 Å². The number of phenols is 1. The van der Waals surface area contributed by atoms with Crippen LogP contribution >= 0.6 is 0 Å². The normalized spacial score (nSPS) is 42.7. The first kappa shape index (κ1) is 11.8. The lowest BCUT2D eigenvalue weighted by Crippen LogP contribution is -2.51. The number of carbonyl (C=O) groups excluding carboxylic acids is 1. The molecular weight excluding hydrogens is 276 g/mol. The Kier molecular flexibility index (Phi) is 1.83. The average Bonchev–Trinajstić information content (AvgIpc) is 2.90. The van der Waals surface area contributed by atoms with E-state index >= 15 is 0 Å². The summed E-state index contributed by atoms with van der Waals surface area (Å²) in [5.41, 5.74) is 3.72. The number of ether oxygens (including phenoxy) is 1. The van der Waals surface area contributed by atoms with Gasteiger partial charge in [0.05, 0.1) is 5.41 Å². The van der Waals surface area contributed by atoms with E-state index < -0.39 is 0 Å². The zero-order chi connectivity index (χ0) is 14.6. The van der Waals surface area contributed by atoms with Gasteiger partial charge in [-0.3, -0.25) is 4.79 Å². The molecule has 0 radical (unpaired) electrons. The summed E-state index contributed by atoms with van der Waals surface area (Å²) in [6.45, 7) is 0. The summed E-state index contributed by atoms with van der Waals surface area (Å²) >= 11 is 0. The van der Waals surface area contributed by atoms with E-state index in [9.17, 15) is 9.90 Å². The Morgan fingerprint density at radius 3 is 3.09 bits per heavy atom. The second-order valence-electron chi connectivity index (χ2n) is 7.66. The number of carbonyl (C=O) groups is 1. The second kappa shape index (κ2) is 3.42. The van der Waals surface area contributed by atoms with Gasteiger partial charge in [0.25, 0.3) is 0 Å². The highest BCUT2D eigenvalue weighted by molar-refractivity contribution is 5.92. The molecule has 1 spiro atoms. The highest BCUT2D eigenvalue weighted by Gasteiger charge is 2.71. The number of Topliss-reactive ketones (excluding diaryl/α,β-unsaturated/α-hetero) is 1. The first-order valence-electron chi connectivity index (χ1n) is 8.48. The van der Waals surface area contributed by atoms with E-state index in [1.54, 1.807) is 6.07 Å². The van der Waals surface area contributed by atoms with Crippen LogP contribution in [0.3, 0.4) is 0 Å². The minimum absolute atomic E-state index is 0.193. The van der Waals surface area contributed by atoms with Crippen LogP contribution in [0.2, 0.25) is 0 Å². The highest BCUT2D eigenvalue weighted by atomic mass is 16.5. The summed E-state index contributed by atoms with van der Waals surface area (Å²) in [6.07, 6.45) is 7.13. The molecule has 6 rings (SSSR count). The van der Waals surface area contributed by atoms with Gasteiger partial charge in [-0.1, -0.05) is 24.1 Å². The molecule has 2 unspecified atom stereocenters. The van der Waals surface area contributed by atoms with Crippen molar-refractivity contribution in [2.45, 2.75) is 43.6 Å². The molecule has 3 nitrogen and oxygen atoms in total. The van der Waals surface area contributed by atoms with E-state index in [2.05, 4.69) is 12.1 Å². The molecule has 4 aliphatic carbocycles. The van der Waals surface area contributed by atoms with Crippen LogP contribution in [0.1, 0.15) is 36.8 Å². The average molecular weight is 294 g/mol. The van der Waals surface area contributed by atoms with Gasteiger partial charge in [0, 0.05) is 12.0 Å². The molecule has 1 aromatic rings. The van der Waals surface area contributed by atoms with Crippen molar-refractivity contribution >= 4 is 5.78 Å². The Bertz CT molecular complexity index is 777. The third kappa shape index (κ3) is 0.982. The summed E-state index contributed by atoms with van der Waals surface area (Å²) in [5.74, 6) is 2.82. The predicted molar refractivity (Wildman–Crippen MR) is 79.9 cm³/mol. The topological polar surface area (TPSA) is 46.5 Å². The van der Waals surface area contributed by atoms with Gasteiger partial charge in [0.2, 0.25) is 0 Å². The Balaban J connectivity index is 1.77. The van der Waals surface area contributed by atoms with Crippen LogP contribution in [-0.2, 0) is 16.6 Å². The van der Waals surface area contributed by atoms with Gasteiger partial charge in [0.1, 0.15) is 0 Å². The van der Waals surface area contributed by atoms with Crippen molar-refractivity contribution < 1.29 is 14.6 Å². The molecule has 22 heavy (non-hydrogen) atoms. The fraction of sp³-hybridized carbons (Fsp3) is 0.526. The van der Waals surface area contributed by atoms with E-state index in [-0.39, 0.29) is 23.1 Å². The number of rotatable bonds is 0. The minimum atomic E-state index is -0.384. The molecular formula is C19H18O3. The molecule has 1 heterocycles. The molecule has 4 bridgehead atoms. The van der Waals surface area contributed by atoms with Crippen molar-refractivity contribution in [2.75, 3.05) is 0 Å². The van der Waals surface area contributed by atoms with Crippen molar-refractivity contribution in [1.82, 2.24) is 0 Å². The minimum Gasteiger partial charge on any atom is -0.504 e. The highest BCUT2D eigenvalue weighted by Crippen LogP contribution is 2.72. The molecule has 5 aliphatic rings. The number of benzene rings is 1. The zero-order valence-corrected chi connectivity index (χ0v) is 12.3. The molecule has 0 aromatic heterocycles. The SMILES string of the molecule is O=C1CC=C2[C@@H]3CCCC4C3Cc3ccc(O)c5c3[C@@]24[C@H]1O5. The summed E-state index contributed by atoms with van der Waals surface area (Å²) < 4.78 is 6.13. The molecule has 0 amide bonds. The fourth-order valence-electron chi connectivity index (χ4n) is 6.61. The van der Waals surface area contributed by atoms with Gasteiger partial charge in [-0.2, -0.15) is 0 Å². The Labute approximate surface area is 129 Å². The van der Waals surface area contributed by atoms with E-state index in [0.29, 0.717) is 29.9 Å². The lowest BCUT2D eigenvalue weighted by atomic mass is 9.57. The van der Waals surface area contributed by atoms with Crippen LogP contribution in [0.25, 0.3) is 0 Å². The van der Waals surface area contributed by atoms with Gasteiger partial charge >= 0.3 is 0 Å². The maximum absolute atomic E-state index is 12.7. The summed E-state index contributed by atoms with van der Waals surface area (Å²) in [6, 6.07) is 3.81. The largest absolute Gasteiger partial charge is 0.504 e. The molecule has 1 N–H and O–H groups in total. The first-order chi connectivity index (χ1) is 10.7. The van der Waals surface area contributed by atoms with Crippen molar-refractivity contribution in [3.8, 4) is 11.5 Å². The van der Waals surface area contributed by atoms with Crippen molar-refractivity contribution in [3.05, 3.63) is 34.9 Å². The van der Waals surface area contributed by atoms with Gasteiger partial charge in [0.15, 0.2) is 23.4 Å². The van der Waals surface area contributed by atoms with Crippen molar-refractivity contribution in [2.24, 2.45) is 17.8 Å². The number of aromatic hydroxyl groups is 1. The Morgan fingerprint density at radius 1 is 1.27 bits per heavy atom. The molecule has 0 saturated heterocycles. The molecule has 5 atom stereocenters. The van der Waals surface area contributed by atoms with Crippen LogP contribution in [-0.4, -0.2) is 17.0 Å². The number of hydrogen-bond acceptors (Lipinski definition) is 3. The van der Waals surface area contributed by atoms with E-state index in [4.69, 9.17) is 4.74 Å². The molecule has 1 aromatic carbocycles. The maximum atomic E-state index is 12.7. The lowest BCUT2D eigenvalue weighted by molar-refractivity contribution is -0.128. The zero-order valence-electron chi connectivity index (χ0n) is 12.3. The molecule has 2 saturated carbocycles. The quantitative estimate of drug-likeness (QED) is 0.748. The van der Waals surface area contributed by atoms with Crippen LogP contribution in [0, 0.1) is 17.8 Å². The second-order valence-corrected chi connectivity index (χ2v) is 7.66. The van der Waals surface area contributed by atoms with Crippen LogP contribution in [0.15, 0.2) is 23.8 Å². The number of hydrogen-bond donors (Lipinski definition) is 1. The van der Waals surface area contributed by atoms with E-state index in [0.717, 1.165) is 6.42 Å². The molecule has 3 heteroatoms. The number of ketones is 1. The van der Waals surface area contributed by atoms with Crippen LogP contribution in [0.5, 0.6) is 11.5 Å². The smallest absolute Gasteiger partial charge is 0.178 e. The molecule has 1 aliphatic heterocycles. The Morgan fingerprint density at radius 2 is 2.18 bits per heavy atom. The van der Waals surface area contributed by atoms with Gasteiger partial charge in [-0.15, -0.1) is 0 Å². The van der Waals surface area contributed by atoms with E-state index in [1.807, 2.05) is 0 Å². The van der Waals surface area contributed by atoms with Gasteiger partial charge < -0.3 is 9.84 Å². The monoisotopic (exact) mass is 294 g/mol. The standard InChI is InChI=1S/C19H18O3/c20-14-6-4-9-8-11-10-2-1-3-12(11)19-13(10)5-7-15(21)18(19)22-17(14)16(9)19/h4-6,10-12,18,20H,1-3,7-8H2/t10-,11?,12?,18+,19+/m1/s1. The van der Waals surface area contributed by atoms with Crippen LogP contribution < -0.4 is 4.74 Å². The number of fused-ring (bicyclic) bond motifs is 1.